The van der Waals surface area contributed by atoms with Crippen molar-refractivity contribution in [2.75, 3.05) is 19.7 Å². The summed E-state index contributed by atoms with van der Waals surface area (Å²) in [5.41, 5.74) is 0. The zero-order valence-corrected chi connectivity index (χ0v) is 41.2. The standard InChI is InChI=1S/C38H76NO2.3C4H9.Sn/c1-3-5-7-9-11-13-15-17-19-21-23-25-27-29-31-33-35-39(36-37-40)38(41)34-32-30-28-26-24-22-20-18-16-14-12-10-8-6-4-2;3*1-3-4-2;/h3-37H2,1-2H3;3*1,3-4H2,2H3;/q-1;;;;+1. The van der Waals surface area contributed by atoms with E-state index in [-0.39, 0.29) is 0 Å². The van der Waals surface area contributed by atoms with Gasteiger partial charge in [-0.3, -0.25) is 0 Å². The second kappa shape index (κ2) is 44.3. The Morgan fingerprint density at radius 2 is 0.630 bits per heavy atom. The van der Waals surface area contributed by atoms with Crippen LogP contribution in [0.4, 0.5) is 0 Å². The van der Waals surface area contributed by atoms with E-state index in [1.54, 1.807) is 0 Å². The minimum Gasteiger partial charge on any atom is -0.0654 e. The maximum absolute atomic E-state index is 13.6. The number of hydrogen-bond donors (Lipinski definition) is 0. The van der Waals surface area contributed by atoms with E-state index in [0.29, 0.717) is 5.91 Å². The van der Waals surface area contributed by atoms with Gasteiger partial charge in [0, 0.05) is 0 Å². The van der Waals surface area contributed by atoms with Crippen LogP contribution in [0.25, 0.3) is 0 Å². The molecule has 0 saturated carbocycles. The fraction of sp³-hybridized carbons (Fsp3) is 0.980. The van der Waals surface area contributed by atoms with Crippen molar-refractivity contribution in [3.8, 4) is 0 Å². The third-order valence-electron chi connectivity index (χ3n) is 12.4. The van der Waals surface area contributed by atoms with E-state index in [2.05, 4.69) is 39.5 Å². The van der Waals surface area contributed by atoms with Gasteiger partial charge >= 0.3 is 220 Å². The molecular weight excluding hydrogens is 765 g/mol. The van der Waals surface area contributed by atoms with E-state index in [1.165, 1.54) is 244 Å². The zero-order chi connectivity index (χ0) is 39.5. The van der Waals surface area contributed by atoms with E-state index in [0.717, 1.165) is 32.5 Å². The molecule has 4 heteroatoms. The topological polar surface area (TPSA) is 29.5 Å². The predicted molar refractivity (Wildman–Crippen MR) is 247 cm³/mol. The summed E-state index contributed by atoms with van der Waals surface area (Å²) in [6.45, 7) is 14.2. The normalized spacial score (nSPS) is 11.9. The number of unbranched alkanes of at least 4 members (excludes halogenated alkanes) is 32. The molecular formula is C50H103NO2Sn. The van der Waals surface area contributed by atoms with E-state index in [9.17, 15) is 4.79 Å². The number of rotatable bonds is 46. The van der Waals surface area contributed by atoms with E-state index in [1.807, 2.05) is 0 Å². The van der Waals surface area contributed by atoms with Crippen LogP contribution in [0.1, 0.15) is 279 Å². The summed E-state index contributed by atoms with van der Waals surface area (Å²) in [6.07, 6.45) is 51.5. The second-order valence-electron chi connectivity index (χ2n) is 17.7. The van der Waals surface area contributed by atoms with Crippen molar-refractivity contribution < 1.29 is 7.87 Å². The number of carbonyl (C=O) groups excluding carboxylic acids is 1. The summed E-state index contributed by atoms with van der Waals surface area (Å²) < 4.78 is 11.3. The van der Waals surface area contributed by atoms with Crippen LogP contribution in [0.15, 0.2) is 0 Å². The molecule has 0 N–H and O–H groups in total. The number of nitrogens with zero attached hydrogens (tertiary/aromatic N) is 1. The van der Waals surface area contributed by atoms with E-state index in [4.69, 9.17) is 3.07 Å². The maximum atomic E-state index is 13.6. The molecule has 0 aromatic heterocycles. The van der Waals surface area contributed by atoms with Gasteiger partial charge in [-0.2, -0.15) is 0 Å². The summed E-state index contributed by atoms with van der Waals surface area (Å²) in [7, 11) is 0. The average Bonchev–Trinajstić information content (AvgIpc) is 3.18. The van der Waals surface area contributed by atoms with Crippen molar-refractivity contribution in [1.29, 1.82) is 0 Å². The molecule has 0 aliphatic heterocycles. The molecule has 0 atom stereocenters. The Morgan fingerprint density at radius 1 is 0.352 bits per heavy atom. The van der Waals surface area contributed by atoms with Crippen LogP contribution in [0.2, 0.25) is 13.3 Å². The Hall–Kier alpha value is 0.229. The van der Waals surface area contributed by atoms with Gasteiger partial charge in [-0.05, 0) is 0 Å². The van der Waals surface area contributed by atoms with Crippen LogP contribution in [0.3, 0.4) is 0 Å². The molecule has 0 aliphatic carbocycles. The predicted octanol–water partition coefficient (Wildman–Crippen LogP) is 17.7. The minimum absolute atomic E-state index is 0.408. The molecule has 324 valence electrons. The SMILES string of the molecule is CCCCCCCCCCCCCCCCCCN(CC[O][Sn]([CH2]CCC)([CH2]CCC)[CH2]CCC)C(=O)CCCCCCCCCCCCCCCCC. The molecule has 0 fully saturated rings. The molecule has 54 heavy (non-hydrogen) atoms. The number of amides is 1. The van der Waals surface area contributed by atoms with E-state index < -0.39 is 18.8 Å². The molecule has 0 unspecified atom stereocenters. The molecule has 1 amide bonds. The first-order valence-electron chi connectivity index (χ1n) is 25.5. The summed E-state index contributed by atoms with van der Waals surface area (Å²) in [4.78, 5) is 15.9. The first-order valence-corrected chi connectivity index (χ1v) is 32.7. The van der Waals surface area contributed by atoms with Crippen molar-refractivity contribution in [2.45, 2.75) is 292 Å². The average molecular weight is 869 g/mol. The smallest absolute Gasteiger partial charge is 0.0654 e. The minimum atomic E-state index is -2.63. The van der Waals surface area contributed by atoms with Gasteiger partial charge in [-0.15, -0.1) is 0 Å². The van der Waals surface area contributed by atoms with Crippen molar-refractivity contribution in [1.82, 2.24) is 4.90 Å². The molecule has 0 heterocycles. The monoisotopic (exact) mass is 870 g/mol. The van der Waals surface area contributed by atoms with Crippen LogP contribution < -0.4 is 0 Å². The fourth-order valence-corrected chi connectivity index (χ4v) is 21.9. The van der Waals surface area contributed by atoms with Crippen LogP contribution in [0, 0.1) is 0 Å². The molecule has 3 nitrogen and oxygen atoms in total. The molecule has 0 radical (unpaired) electrons. The fourth-order valence-electron chi connectivity index (χ4n) is 8.48. The first-order chi connectivity index (χ1) is 26.6. The zero-order valence-electron chi connectivity index (χ0n) is 38.4. The third-order valence-corrected chi connectivity index (χ3v) is 25.5. The van der Waals surface area contributed by atoms with Gasteiger partial charge in [-0.25, -0.2) is 0 Å². The molecule has 0 saturated heterocycles. The number of carbonyl (C=O) groups is 1. The van der Waals surface area contributed by atoms with Crippen LogP contribution >= 0.6 is 0 Å². The second-order valence-corrected chi connectivity index (χ2v) is 29.6. The molecule has 0 spiro atoms. The van der Waals surface area contributed by atoms with Gasteiger partial charge in [-0.1, -0.05) is 129 Å². The Bertz CT molecular complexity index is 708. The molecule has 0 rings (SSSR count). The summed E-state index contributed by atoms with van der Waals surface area (Å²) >= 11 is -2.63. The summed E-state index contributed by atoms with van der Waals surface area (Å²) in [5, 5.41) is 0. The Kier molecular flexibility index (Phi) is 44.5. The molecule has 0 aliphatic rings. The quantitative estimate of drug-likeness (QED) is 0.0451. The molecule has 0 aromatic carbocycles. The van der Waals surface area contributed by atoms with Crippen molar-refractivity contribution in [2.24, 2.45) is 0 Å². The molecule has 0 bridgehead atoms. The van der Waals surface area contributed by atoms with Crippen molar-refractivity contribution >= 4 is 24.7 Å². The van der Waals surface area contributed by atoms with Crippen LogP contribution in [-0.4, -0.2) is 49.3 Å². The Labute approximate surface area is 347 Å². The van der Waals surface area contributed by atoms with Gasteiger partial charge in [0.05, 0.1) is 0 Å². The number of hydrogen-bond acceptors (Lipinski definition) is 2. The van der Waals surface area contributed by atoms with Gasteiger partial charge in [0.2, 0.25) is 0 Å². The first kappa shape index (κ1) is 54.2. The van der Waals surface area contributed by atoms with E-state index >= 15 is 0 Å². The third kappa shape index (κ3) is 36.6. The molecule has 0 aromatic rings. The van der Waals surface area contributed by atoms with Crippen LogP contribution in [0.5, 0.6) is 0 Å². The van der Waals surface area contributed by atoms with Crippen LogP contribution in [-0.2, 0) is 7.87 Å². The Morgan fingerprint density at radius 3 is 0.944 bits per heavy atom. The summed E-state index contributed by atoms with van der Waals surface area (Å²) in [6, 6.07) is 0. The Balaban J connectivity index is 4.54. The van der Waals surface area contributed by atoms with Gasteiger partial charge in [0.1, 0.15) is 0 Å². The van der Waals surface area contributed by atoms with Crippen molar-refractivity contribution in [3.63, 3.8) is 0 Å². The summed E-state index contributed by atoms with van der Waals surface area (Å²) in [5.74, 6) is 0.408. The van der Waals surface area contributed by atoms with Gasteiger partial charge in [0.15, 0.2) is 0 Å². The van der Waals surface area contributed by atoms with Gasteiger partial charge in [0.25, 0.3) is 0 Å². The van der Waals surface area contributed by atoms with Gasteiger partial charge < -0.3 is 0 Å². The van der Waals surface area contributed by atoms with Crippen molar-refractivity contribution in [3.05, 3.63) is 0 Å².